The van der Waals surface area contributed by atoms with Crippen LogP contribution in [0.4, 0.5) is 4.79 Å². The lowest BCUT2D eigenvalue weighted by Gasteiger charge is -2.30. The fraction of sp³-hybridized carbons (Fsp3) is 0.941. The van der Waals surface area contributed by atoms with Crippen molar-refractivity contribution in [2.45, 2.75) is 78.6 Å². The van der Waals surface area contributed by atoms with Gasteiger partial charge in [-0.15, -0.1) is 0 Å². The largest absolute Gasteiger partial charge is 0.444 e. The van der Waals surface area contributed by atoms with Crippen molar-refractivity contribution in [2.75, 3.05) is 26.2 Å². The average molecular weight is 313 g/mol. The van der Waals surface area contributed by atoms with Crippen LogP contribution in [0, 0.1) is 0 Å². The summed E-state index contributed by atoms with van der Waals surface area (Å²) >= 11 is 0. The second-order valence-corrected chi connectivity index (χ2v) is 7.80. The fourth-order valence-electron chi connectivity index (χ4n) is 2.69. The molecule has 0 radical (unpaired) electrons. The minimum Gasteiger partial charge on any atom is -0.444 e. The summed E-state index contributed by atoms with van der Waals surface area (Å²) in [5, 5.41) is 3.58. The molecule has 1 unspecified atom stereocenters. The molecule has 1 atom stereocenters. The predicted molar refractivity (Wildman–Crippen MR) is 91.2 cm³/mol. The highest BCUT2D eigenvalue weighted by atomic mass is 16.6. The molecule has 0 aromatic rings. The van der Waals surface area contributed by atoms with E-state index in [1.807, 2.05) is 34.6 Å². The first-order valence-corrected chi connectivity index (χ1v) is 8.57. The average Bonchev–Trinajstić information content (AvgIpc) is 2.80. The third-order valence-corrected chi connectivity index (χ3v) is 3.99. The lowest BCUT2D eigenvalue weighted by atomic mass is 10.2. The third kappa shape index (κ3) is 6.53. The molecule has 0 spiro atoms. The van der Waals surface area contributed by atoms with Gasteiger partial charge < -0.3 is 15.0 Å². The molecule has 1 amide bonds. The van der Waals surface area contributed by atoms with Crippen LogP contribution in [0.15, 0.2) is 0 Å². The predicted octanol–water partition coefficient (Wildman–Crippen LogP) is 2.70. The van der Waals surface area contributed by atoms with Gasteiger partial charge in [0.1, 0.15) is 5.60 Å². The van der Waals surface area contributed by atoms with E-state index in [0.717, 1.165) is 19.6 Å². The number of ether oxygens (including phenoxy) is 1. The molecule has 22 heavy (non-hydrogen) atoms. The molecule has 1 saturated heterocycles. The molecule has 1 aliphatic rings. The summed E-state index contributed by atoms with van der Waals surface area (Å²) in [4.78, 5) is 16.5. The van der Waals surface area contributed by atoms with Crippen molar-refractivity contribution in [2.24, 2.45) is 0 Å². The molecule has 1 aliphatic heterocycles. The second kappa shape index (κ2) is 8.16. The normalized spacial score (nSPS) is 20.0. The van der Waals surface area contributed by atoms with Crippen molar-refractivity contribution in [3.63, 3.8) is 0 Å². The number of nitrogens with zero attached hydrogens (tertiary/aromatic N) is 2. The zero-order chi connectivity index (χ0) is 16.9. The SMILES string of the molecule is CC(C)N1CCC(NCCN(C(=O)OC(C)(C)C)C(C)C)C1. The second-order valence-electron chi connectivity index (χ2n) is 7.80. The van der Waals surface area contributed by atoms with Gasteiger partial charge in [-0.1, -0.05) is 0 Å². The van der Waals surface area contributed by atoms with Crippen LogP contribution in [0.5, 0.6) is 0 Å². The van der Waals surface area contributed by atoms with Gasteiger partial charge in [0.25, 0.3) is 0 Å². The molecule has 1 fully saturated rings. The van der Waals surface area contributed by atoms with Gasteiger partial charge in [-0.25, -0.2) is 4.79 Å². The van der Waals surface area contributed by atoms with Crippen molar-refractivity contribution < 1.29 is 9.53 Å². The molecule has 5 nitrogen and oxygen atoms in total. The maximum atomic E-state index is 12.2. The molecular weight excluding hydrogens is 278 g/mol. The highest BCUT2D eigenvalue weighted by Gasteiger charge is 2.26. The Morgan fingerprint density at radius 2 is 1.95 bits per heavy atom. The van der Waals surface area contributed by atoms with Crippen LogP contribution in [-0.4, -0.2) is 65.8 Å². The first kappa shape index (κ1) is 19.2. The standard InChI is InChI=1S/C17H35N3O2/c1-13(2)19-10-8-15(12-19)18-9-11-20(14(3)4)16(21)22-17(5,6)7/h13-15,18H,8-12H2,1-7H3. The van der Waals surface area contributed by atoms with Gasteiger partial charge in [0.05, 0.1) is 0 Å². The number of hydrogen-bond acceptors (Lipinski definition) is 4. The topological polar surface area (TPSA) is 44.8 Å². The highest BCUT2D eigenvalue weighted by Crippen LogP contribution is 2.13. The maximum Gasteiger partial charge on any atom is 0.410 e. The zero-order valence-corrected chi connectivity index (χ0v) is 15.5. The smallest absolute Gasteiger partial charge is 0.410 e. The van der Waals surface area contributed by atoms with E-state index in [1.165, 1.54) is 6.42 Å². The summed E-state index contributed by atoms with van der Waals surface area (Å²) in [7, 11) is 0. The first-order chi connectivity index (χ1) is 10.1. The molecule has 0 aromatic heterocycles. The van der Waals surface area contributed by atoms with E-state index in [0.29, 0.717) is 18.6 Å². The summed E-state index contributed by atoms with van der Waals surface area (Å²) in [6.45, 7) is 18.0. The zero-order valence-electron chi connectivity index (χ0n) is 15.5. The van der Waals surface area contributed by atoms with E-state index >= 15 is 0 Å². The van der Waals surface area contributed by atoms with Gasteiger partial charge in [-0.2, -0.15) is 0 Å². The molecule has 0 saturated carbocycles. The Labute approximate surface area is 136 Å². The van der Waals surface area contributed by atoms with Crippen molar-refractivity contribution in [3.8, 4) is 0 Å². The number of likely N-dealkylation sites (tertiary alicyclic amines) is 1. The first-order valence-electron chi connectivity index (χ1n) is 8.57. The fourth-order valence-corrected chi connectivity index (χ4v) is 2.69. The van der Waals surface area contributed by atoms with Gasteiger partial charge in [-0.05, 0) is 61.4 Å². The lowest BCUT2D eigenvalue weighted by Crippen LogP contribution is -2.46. The molecule has 130 valence electrons. The van der Waals surface area contributed by atoms with Crippen molar-refractivity contribution >= 4 is 6.09 Å². The molecule has 0 aliphatic carbocycles. The number of amides is 1. The summed E-state index contributed by atoms with van der Waals surface area (Å²) in [5.41, 5.74) is -0.444. The van der Waals surface area contributed by atoms with E-state index in [9.17, 15) is 4.79 Å². The summed E-state index contributed by atoms with van der Waals surface area (Å²) in [6.07, 6.45) is 0.964. The molecule has 5 heteroatoms. The Kier molecular flexibility index (Phi) is 7.13. The van der Waals surface area contributed by atoms with Crippen LogP contribution in [0.25, 0.3) is 0 Å². The van der Waals surface area contributed by atoms with E-state index in [4.69, 9.17) is 4.74 Å². The molecule has 1 N–H and O–H groups in total. The maximum absolute atomic E-state index is 12.2. The van der Waals surface area contributed by atoms with Crippen LogP contribution < -0.4 is 5.32 Å². The van der Waals surface area contributed by atoms with Crippen LogP contribution in [0.1, 0.15) is 54.9 Å². The van der Waals surface area contributed by atoms with E-state index in [-0.39, 0.29) is 12.1 Å². The van der Waals surface area contributed by atoms with Crippen molar-refractivity contribution in [1.29, 1.82) is 0 Å². The van der Waals surface area contributed by atoms with Crippen LogP contribution in [0.3, 0.4) is 0 Å². The van der Waals surface area contributed by atoms with Gasteiger partial charge in [-0.3, -0.25) is 4.90 Å². The summed E-state index contributed by atoms with van der Waals surface area (Å²) in [5.74, 6) is 0. The minimum atomic E-state index is -0.444. The van der Waals surface area contributed by atoms with Gasteiger partial charge in [0.2, 0.25) is 0 Å². The Bertz CT molecular complexity index is 350. The van der Waals surface area contributed by atoms with Crippen LogP contribution in [0.2, 0.25) is 0 Å². The third-order valence-electron chi connectivity index (χ3n) is 3.99. The number of carbonyl (C=O) groups excluding carboxylic acids is 1. The number of nitrogens with one attached hydrogen (secondary N) is 1. The number of hydrogen-bond donors (Lipinski definition) is 1. The molecule has 1 heterocycles. The monoisotopic (exact) mass is 313 g/mol. The van der Waals surface area contributed by atoms with Crippen LogP contribution in [-0.2, 0) is 4.74 Å². The highest BCUT2D eigenvalue weighted by molar-refractivity contribution is 5.68. The molecule has 0 bridgehead atoms. The summed E-state index contributed by atoms with van der Waals surface area (Å²) in [6, 6.07) is 1.29. The van der Waals surface area contributed by atoms with Crippen molar-refractivity contribution in [3.05, 3.63) is 0 Å². The Morgan fingerprint density at radius 3 is 2.41 bits per heavy atom. The van der Waals surface area contributed by atoms with E-state index < -0.39 is 5.60 Å². The van der Waals surface area contributed by atoms with E-state index in [2.05, 4.69) is 24.1 Å². The number of rotatable bonds is 6. The Balaban J connectivity index is 2.38. The molecule has 0 aromatic carbocycles. The summed E-state index contributed by atoms with van der Waals surface area (Å²) < 4.78 is 5.48. The van der Waals surface area contributed by atoms with Gasteiger partial charge in [0.15, 0.2) is 0 Å². The quantitative estimate of drug-likeness (QED) is 0.819. The van der Waals surface area contributed by atoms with Gasteiger partial charge >= 0.3 is 6.09 Å². The molecule has 1 rings (SSSR count). The Morgan fingerprint density at radius 1 is 1.32 bits per heavy atom. The van der Waals surface area contributed by atoms with Crippen LogP contribution >= 0.6 is 0 Å². The van der Waals surface area contributed by atoms with E-state index in [1.54, 1.807) is 4.90 Å². The lowest BCUT2D eigenvalue weighted by molar-refractivity contribution is 0.0192. The Hall–Kier alpha value is -0.810. The van der Waals surface area contributed by atoms with Crippen molar-refractivity contribution in [1.82, 2.24) is 15.1 Å². The number of carbonyl (C=O) groups is 1. The van der Waals surface area contributed by atoms with Gasteiger partial charge in [0, 0.05) is 37.8 Å². The minimum absolute atomic E-state index is 0.146. The molecular formula is C17H35N3O2.